The van der Waals surface area contributed by atoms with E-state index in [1.165, 1.54) is 16.7 Å². The zero-order valence-electron chi connectivity index (χ0n) is 11.8. The molecule has 2 N–H and O–H groups in total. The van der Waals surface area contributed by atoms with Gasteiger partial charge in [-0.3, -0.25) is 0 Å². The van der Waals surface area contributed by atoms with E-state index in [2.05, 4.69) is 24.3 Å². The molecule has 104 valence electrons. The van der Waals surface area contributed by atoms with Crippen molar-refractivity contribution < 1.29 is 4.39 Å². The molecule has 2 aromatic rings. The van der Waals surface area contributed by atoms with Crippen molar-refractivity contribution in [3.05, 3.63) is 70.5 Å². The maximum atomic E-state index is 13.3. The average Bonchev–Trinajstić information content (AvgIpc) is 2.82. The van der Waals surface area contributed by atoms with Crippen LogP contribution >= 0.6 is 0 Å². The molecule has 20 heavy (non-hydrogen) atoms. The van der Waals surface area contributed by atoms with Crippen molar-refractivity contribution in [2.75, 3.05) is 6.54 Å². The number of rotatable bonds is 3. The summed E-state index contributed by atoms with van der Waals surface area (Å²) in [7, 11) is 0. The van der Waals surface area contributed by atoms with Gasteiger partial charge in [0, 0.05) is 12.0 Å². The molecule has 2 heteroatoms. The van der Waals surface area contributed by atoms with Crippen molar-refractivity contribution in [2.45, 2.75) is 31.6 Å². The van der Waals surface area contributed by atoms with Crippen molar-refractivity contribution in [1.82, 2.24) is 0 Å². The Bertz CT molecular complexity index is 635. The number of hydrogen-bond acceptors (Lipinski definition) is 1. The van der Waals surface area contributed by atoms with Crippen LogP contribution in [0.1, 0.15) is 28.7 Å². The maximum absolute atomic E-state index is 13.3. The molecule has 2 aromatic carbocycles. The molecule has 0 aliphatic heterocycles. The standard InChI is InChI=1S/C18H20FN/c1-13-10-16(19)7-6-15(13)11-18(12-20)9-8-14-4-2-3-5-17(14)18/h2-7,10H,8-9,11-12,20H2,1H3. The van der Waals surface area contributed by atoms with E-state index >= 15 is 0 Å². The molecule has 1 aliphatic rings. The number of hydrogen-bond donors (Lipinski definition) is 1. The number of nitrogens with two attached hydrogens (primary N) is 1. The summed E-state index contributed by atoms with van der Waals surface area (Å²) >= 11 is 0. The molecule has 0 fully saturated rings. The van der Waals surface area contributed by atoms with Crippen LogP contribution in [0.2, 0.25) is 0 Å². The summed E-state index contributed by atoms with van der Waals surface area (Å²) in [6, 6.07) is 13.6. The van der Waals surface area contributed by atoms with Gasteiger partial charge in [0.05, 0.1) is 0 Å². The van der Waals surface area contributed by atoms with Crippen molar-refractivity contribution in [2.24, 2.45) is 5.73 Å². The van der Waals surface area contributed by atoms with Crippen LogP contribution in [0.25, 0.3) is 0 Å². The fraction of sp³-hybridized carbons (Fsp3) is 0.333. The van der Waals surface area contributed by atoms with Gasteiger partial charge in [-0.2, -0.15) is 0 Å². The molecule has 1 unspecified atom stereocenters. The fourth-order valence-corrected chi connectivity index (χ4v) is 3.45. The predicted octanol–water partition coefficient (Wildman–Crippen LogP) is 3.52. The van der Waals surface area contributed by atoms with Gasteiger partial charge in [0.2, 0.25) is 0 Å². The molecular weight excluding hydrogens is 249 g/mol. The molecule has 3 rings (SSSR count). The lowest BCUT2D eigenvalue weighted by Crippen LogP contribution is -2.35. The summed E-state index contributed by atoms with van der Waals surface area (Å²) in [5.74, 6) is -0.167. The van der Waals surface area contributed by atoms with Gasteiger partial charge in [0.1, 0.15) is 5.82 Å². The Hall–Kier alpha value is -1.67. The Kier molecular flexibility index (Phi) is 3.35. The zero-order chi connectivity index (χ0) is 14.2. The minimum atomic E-state index is -0.167. The third kappa shape index (κ3) is 2.14. The van der Waals surface area contributed by atoms with Gasteiger partial charge in [-0.05, 0) is 60.6 Å². The first kappa shape index (κ1) is 13.3. The topological polar surface area (TPSA) is 26.0 Å². The van der Waals surface area contributed by atoms with Crippen LogP contribution in [0.3, 0.4) is 0 Å². The van der Waals surface area contributed by atoms with Gasteiger partial charge in [-0.15, -0.1) is 0 Å². The van der Waals surface area contributed by atoms with Crippen LogP contribution in [0.4, 0.5) is 4.39 Å². The number of halogens is 1. The van der Waals surface area contributed by atoms with Gasteiger partial charge < -0.3 is 5.73 Å². The SMILES string of the molecule is Cc1cc(F)ccc1CC1(CN)CCc2ccccc21. The Morgan fingerprint density at radius 1 is 1.20 bits per heavy atom. The predicted molar refractivity (Wildman–Crippen MR) is 80.3 cm³/mol. The lowest BCUT2D eigenvalue weighted by atomic mass is 9.76. The van der Waals surface area contributed by atoms with Crippen LogP contribution in [0.5, 0.6) is 0 Å². The minimum Gasteiger partial charge on any atom is -0.330 e. The van der Waals surface area contributed by atoms with E-state index in [1.807, 2.05) is 13.0 Å². The van der Waals surface area contributed by atoms with Crippen molar-refractivity contribution in [3.8, 4) is 0 Å². The van der Waals surface area contributed by atoms with E-state index < -0.39 is 0 Å². The number of benzene rings is 2. The second kappa shape index (κ2) is 5.02. The highest BCUT2D eigenvalue weighted by molar-refractivity contribution is 5.42. The van der Waals surface area contributed by atoms with Crippen molar-refractivity contribution in [1.29, 1.82) is 0 Å². The van der Waals surface area contributed by atoms with Gasteiger partial charge in [-0.25, -0.2) is 4.39 Å². The Morgan fingerprint density at radius 3 is 2.75 bits per heavy atom. The molecule has 0 amide bonds. The van der Waals surface area contributed by atoms with Gasteiger partial charge in [-0.1, -0.05) is 30.3 Å². The lowest BCUT2D eigenvalue weighted by molar-refractivity contribution is 0.430. The molecule has 0 radical (unpaired) electrons. The molecule has 0 saturated carbocycles. The third-order valence-corrected chi connectivity index (χ3v) is 4.69. The molecule has 0 spiro atoms. The van der Waals surface area contributed by atoms with Crippen LogP contribution in [-0.4, -0.2) is 6.54 Å². The smallest absolute Gasteiger partial charge is 0.123 e. The summed E-state index contributed by atoms with van der Waals surface area (Å²) in [6.45, 7) is 2.62. The quantitative estimate of drug-likeness (QED) is 0.906. The molecule has 0 saturated heterocycles. The zero-order valence-corrected chi connectivity index (χ0v) is 11.8. The molecule has 0 aromatic heterocycles. The van der Waals surface area contributed by atoms with Gasteiger partial charge >= 0.3 is 0 Å². The van der Waals surface area contributed by atoms with E-state index in [9.17, 15) is 4.39 Å². The monoisotopic (exact) mass is 269 g/mol. The van der Waals surface area contributed by atoms with Crippen LogP contribution < -0.4 is 5.73 Å². The lowest BCUT2D eigenvalue weighted by Gasteiger charge is -2.30. The fourth-order valence-electron chi connectivity index (χ4n) is 3.45. The molecule has 1 atom stereocenters. The van der Waals surface area contributed by atoms with Gasteiger partial charge in [0.15, 0.2) is 0 Å². The Balaban J connectivity index is 1.99. The molecule has 1 nitrogen and oxygen atoms in total. The van der Waals surface area contributed by atoms with Crippen molar-refractivity contribution >= 4 is 0 Å². The summed E-state index contributed by atoms with van der Waals surface area (Å²) in [5, 5.41) is 0. The second-order valence-corrected chi connectivity index (χ2v) is 5.89. The average molecular weight is 269 g/mol. The summed E-state index contributed by atoms with van der Waals surface area (Å²) in [5.41, 5.74) is 11.2. The third-order valence-electron chi connectivity index (χ3n) is 4.69. The highest BCUT2D eigenvalue weighted by Gasteiger charge is 2.37. The first-order valence-electron chi connectivity index (χ1n) is 7.18. The van der Waals surface area contributed by atoms with E-state index in [-0.39, 0.29) is 11.2 Å². The molecular formula is C18H20FN. The summed E-state index contributed by atoms with van der Waals surface area (Å²) in [6.07, 6.45) is 3.07. The largest absolute Gasteiger partial charge is 0.330 e. The maximum Gasteiger partial charge on any atom is 0.123 e. The summed E-state index contributed by atoms with van der Waals surface area (Å²) in [4.78, 5) is 0. The number of fused-ring (bicyclic) bond motifs is 1. The van der Waals surface area contributed by atoms with Crippen LogP contribution in [0.15, 0.2) is 42.5 Å². The second-order valence-electron chi connectivity index (χ2n) is 5.89. The molecule has 0 bridgehead atoms. The normalized spacial score (nSPS) is 20.9. The highest BCUT2D eigenvalue weighted by Crippen LogP contribution is 2.41. The van der Waals surface area contributed by atoms with Gasteiger partial charge in [0.25, 0.3) is 0 Å². The van der Waals surface area contributed by atoms with E-state index in [1.54, 1.807) is 12.1 Å². The summed E-state index contributed by atoms with van der Waals surface area (Å²) < 4.78 is 13.3. The van der Waals surface area contributed by atoms with Crippen LogP contribution in [-0.2, 0) is 18.3 Å². The minimum absolute atomic E-state index is 0.0131. The van der Waals surface area contributed by atoms with Crippen molar-refractivity contribution in [3.63, 3.8) is 0 Å². The number of aryl methyl sites for hydroxylation is 2. The van der Waals surface area contributed by atoms with Crippen LogP contribution in [0, 0.1) is 12.7 Å². The molecule has 0 heterocycles. The Labute approximate surface area is 119 Å². The van der Waals surface area contributed by atoms with E-state index in [4.69, 9.17) is 5.73 Å². The van der Waals surface area contributed by atoms with E-state index in [0.29, 0.717) is 6.54 Å². The highest BCUT2D eigenvalue weighted by atomic mass is 19.1. The first-order chi connectivity index (χ1) is 9.64. The first-order valence-corrected chi connectivity index (χ1v) is 7.18. The Morgan fingerprint density at radius 2 is 2.00 bits per heavy atom. The molecule has 1 aliphatic carbocycles. The van der Waals surface area contributed by atoms with E-state index in [0.717, 1.165) is 24.8 Å².